The summed E-state index contributed by atoms with van der Waals surface area (Å²) in [5.74, 6) is 2.95. The number of nitrogens with one attached hydrogen (secondary N) is 1. The maximum Gasteiger partial charge on any atom is 0.0522 e. The minimum Gasteiger partial charge on any atom is -0.308 e. The van der Waals surface area contributed by atoms with Crippen molar-refractivity contribution in [3.63, 3.8) is 0 Å². The van der Waals surface area contributed by atoms with E-state index in [1.807, 2.05) is 6.20 Å². The molecule has 1 aromatic rings. The van der Waals surface area contributed by atoms with Crippen LogP contribution in [0, 0.1) is 17.8 Å². The molecule has 3 aliphatic carbocycles. The van der Waals surface area contributed by atoms with E-state index in [2.05, 4.69) is 21.2 Å². The van der Waals surface area contributed by atoms with Crippen molar-refractivity contribution in [3.8, 4) is 0 Å². The lowest BCUT2D eigenvalue weighted by atomic mass is 9.89. The van der Waals surface area contributed by atoms with Crippen LogP contribution >= 0.6 is 0 Å². The monoisotopic (exact) mass is 245 g/mol. The number of fused-ring (bicyclic) bond motifs is 2. The summed E-state index contributed by atoms with van der Waals surface area (Å²) < 4.78 is 2.26. The molecule has 3 heteroatoms. The molecule has 3 saturated carbocycles. The molecule has 0 saturated heterocycles. The van der Waals surface area contributed by atoms with E-state index in [-0.39, 0.29) is 0 Å². The largest absolute Gasteiger partial charge is 0.308 e. The molecule has 2 bridgehead atoms. The summed E-state index contributed by atoms with van der Waals surface area (Å²) in [4.78, 5) is 0. The van der Waals surface area contributed by atoms with Gasteiger partial charge in [0, 0.05) is 25.3 Å². The summed E-state index contributed by atoms with van der Waals surface area (Å²) in [5, 5.41) is 8.14. The predicted octanol–water partition coefficient (Wildman–Crippen LogP) is 2.57. The molecule has 3 aliphatic rings. The maximum absolute atomic E-state index is 4.54. The SMILES string of the molecule is c1cc(CNC2CC2)n(CC2CC3CCC2C3)n1. The number of hydrogen-bond donors (Lipinski definition) is 1. The fourth-order valence-corrected chi connectivity index (χ4v) is 4.03. The molecule has 0 radical (unpaired) electrons. The van der Waals surface area contributed by atoms with E-state index in [1.165, 1.54) is 44.2 Å². The molecule has 4 rings (SSSR count). The van der Waals surface area contributed by atoms with Gasteiger partial charge in [0.1, 0.15) is 0 Å². The zero-order valence-electron chi connectivity index (χ0n) is 11.0. The van der Waals surface area contributed by atoms with E-state index < -0.39 is 0 Å². The molecule has 0 spiro atoms. The van der Waals surface area contributed by atoms with Gasteiger partial charge < -0.3 is 5.32 Å². The summed E-state index contributed by atoms with van der Waals surface area (Å²) in [6.45, 7) is 2.17. The van der Waals surface area contributed by atoms with Gasteiger partial charge in [0.15, 0.2) is 0 Å². The highest BCUT2D eigenvalue weighted by Crippen LogP contribution is 2.48. The number of rotatable bonds is 5. The predicted molar refractivity (Wildman–Crippen MR) is 71.0 cm³/mol. The molecule has 1 N–H and O–H groups in total. The topological polar surface area (TPSA) is 29.9 Å². The molecule has 0 aliphatic heterocycles. The van der Waals surface area contributed by atoms with Gasteiger partial charge in [-0.2, -0.15) is 5.10 Å². The van der Waals surface area contributed by atoms with Crippen LogP contribution in [0.4, 0.5) is 0 Å². The summed E-state index contributed by atoms with van der Waals surface area (Å²) >= 11 is 0. The molecule has 3 nitrogen and oxygen atoms in total. The Morgan fingerprint density at radius 1 is 1.22 bits per heavy atom. The Labute approximate surface area is 109 Å². The maximum atomic E-state index is 4.54. The molecule has 18 heavy (non-hydrogen) atoms. The van der Waals surface area contributed by atoms with E-state index in [0.717, 1.165) is 36.9 Å². The van der Waals surface area contributed by atoms with Gasteiger partial charge in [-0.05, 0) is 55.9 Å². The fraction of sp³-hybridized carbons (Fsp3) is 0.800. The zero-order valence-corrected chi connectivity index (χ0v) is 11.0. The Kier molecular flexibility index (Phi) is 2.68. The molecular weight excluding hydrogens is 222 g/mol. The summed E-state index contributed by atoms with van der Waals surface area (Å²) in [5.41, 5.74) is 1.38. The number of hydrogen-bond acceptors (Lipinski definition) is 2. The molecule has 0 amide bonds. The summed E-state index contributed by atoms with van der Waals surface area (Å²) in [6.07, 6.45) is 10.6. The van der Waals surface area contributed by atoms with Crippen LogP contribution in [0.5, 0.6) is 0 Å². The first kappa shape index (κ1) is 11.0. The lowest BCUT2D eigenvalue weighted by molar-refractivity contribution is 0.281. The minimum absolute atomic E-state index is 0.788. The van der Waals surface area contributed by atoms with Gasteiger partial charge in [-0.25, -0.2) is 0 Å². The van der Waals surface area contributed by atoms with Crippen LogP contribution in [0.3, 0.4) is 0 Å². The van der Waals surface area contributed by atoms with Gasteiger partial charge in [-0.1, -0.05) is 6.42 Å². The van der Waals surface area contributed by atoms with Crippen LogP contribution in [-0.4, -0.2) is 15.8 Å². The average molecular weight is 245 g/mol. The third-order valence-corrected chi connectivity index (χ3v) is 5.25. The first-order valence-corrected chi connectivity index (χ1v) is 7.62. The summed E-state index contributed by atoms with van der Waals surface area (Å²) in [6, 6.07) is 2.97. The van der Waals surface area contributed by atoms with Gasteiger partial charge in [0.2, 0.25) is 0 Å². The average Bonchev–Trinajstić information content (AvgIpc) is 2.79. The van der Waals surface area contributed by atoms with Crippen molar-refractivity contribution in [2.75, 3.05) is 0 Å². The van der Waals surface area contributed by atoms with E-state index in [0.29, 0.717) is 0 Å². The van der Waals surface area contributed by atoms with Crippen molar-refractivity contribution in [2.45, 2.75) is 57.7 Å². The van der Waals surface area contributed by atoms with Crippen LogP contribution < -0.4 is 5.32 Å². The van der Waals surface area contributed by atoms with Crippen molar-refractivity contribution in [3.05, 3.63) is 18.0 Å². The second-order valence-corrected chi connectivity index (χ2v) is 6.59. The lowest BCUT2D eigenvalue weighted by Crippen LogP contribution is -2.22. The zero-order chi connectivity index (χ0) is 11.9. The Hall–Kier alpha value is -0.830. The molecule has 1 aromatic heterocycles. The van der Waals surface area contributed by atoms with E-state index in [9.17, 15) is 0 Å². The third kappa shape index (κ3) is 2.09. The standard InChI is InChI=1S/C15H23N3/c1-2-12-7-11(1)8-13(12)10-18-15(5-6-17-18)9-16-14-3-4-14/h5-6,11-14,16H,1-4,7-10H2. The number of nitrogens with zero attached hydrogens (tertiary/aromatic N) is 2. The third-order valence-electron chi connectivity index (χ3n) is 5.25. The second kappa shape index (κ2) is 4.37. The molecule has 3 unspecified atom stereocenters. The van der Waals surface area contributed by atoms with Crippen molar-refractivity contribution < 1.29 is 0 Å². The van der Waals surface area contributed by atoms with E-state index >= 15 is 0 Å². The van der Waals surface area contributed by atoms with E-state index in [1.54, 1.807) is 0 Å². The Balaban J connectivity index is 1.39. The smallest absolute Gasteiger partial charge is 0.0522 e. The Morgan fingerprint density at radius 3 is 2.89 bits per heavy atom. The van der Waals surface area contributed by atoms with Crippen LogP contribution in [0.15, 0.2) is 12.3 Å². The second-order valence-electron chi connectivity index (χ2n) is 6.59. The minimum atomic E-state index is 0.788. The Bertz CT molecular complexity index is 421. The van der Waals surface area contributed by atoms with Crippen molar-refractivity contribution in [2.24, 2.45) is 17.8 Å². The molecule has 3 fully saturated rings. The van der Waals surface area contributed by atoms with Crippen molar-refractivity contribution in [1.29, 1.82) is 0 Å². The number of aromatic nitrogens is 2. The first-order valence-electron chi connectivity index (χ1n) is 7.62. The van der Waals surface area contributed by atoms with Crippen LogP contribution in [0.25, 0.3) is 0 Å². The quantitative estimate of drug-likeness (QED) is 0.864. The highest BCUT2D eigenvalue weighted by Gasteiger charge is 2.39. The van der Waals surface area contributed by atoms with Crippen LogP contribution in [0.2, 0.25) is 0 Å². The Morgan fingerprint density at radius 2 is 2.17 bits per heavy atom. The fourth-order valence-electron chi connectivity index (χ4n) is 4.03. The first-order chi connectivity index (χ1) is 8.88. The summed E-state index contributed by atoms with van der Waals surface area (Å²) in [7, 11) is 0. The van der Waals surface area contributed by atoms with Crippen molar-refractivity contribution in [1.82, 2.24) is 15.1 Å². The van der Waals surface area contributed by atoms with E-state index in [4.69, 9.17) is 0 Å². The van der Waals surface area contributed by atoms with Gasteiger partial charge >= 0.3 is 0 Å². The van der Waals surface area contributed by atoms with Gasteiger partial charge in [0.05, 0.1) is 5.69 Å². The molecule has 1 heterocycles. The van der Waals surface area contributed by atoms with Gasteiger partial charge in [-0.3, -0.25) is 4.68 Å². The normalized spacial score (nSPS) is 34.3. The van der Waals surface area contributed by atoms with Crippen LogP contribution in [-0.2, 0) is 13.1 Å². The highest BCUT2D eigenvalue weighted by atomic mass is 15.3. The van der Waals surface area contributed by atoms with Gasteiger partial charge in [-0.15, -0.1) is 0 Å². The molecule has 3 atom stereocenters. The van der Waals surface area contributed by atoms with Crippen molar-refractivity contribution >= 4 is 0 Å². The van der Waals surface area contributed by atoms with Crippen LogP contribution in [0.1, 0.15) is 44.2 Å². The highest BCUT2D eigenvalue weighted by molar-refractivity contribution is 5.02. The molecular formula is C15H23N3. The molecule has 98 valence electrons. The molecule has 0 aromatic carbocycles. The van der Waals surface area contributed by atoms with Gasteiger partial charge in [0.25, 0.3) is 0 Å². The lowest BCUT2D eigenvalue weighted by Gasteiger charge is -2.22.